The summed E-state index contributed by atoms with van der Waals surface area (Å²) in [5, 5.41) is 2.66. The van der Waals surface area contributed by atoms with E-state index in [4.69, 9.17) is 0 Å². The summed E-state index contributed by atoms with van der Waals surface area (Å²) < 4.78 is 25.9. The van der Waals surface area contributed by atoms with E-state index < -0.39 is 11.6 Å². The molecular formula is C10H12F2N2O. The molecule has 0 saturated carbocycles. The summed E-state index contributed by atoms with van der Waals surface area (Å²) >= 11 is 0. The second kappa shape index (κ2) is 4.84. The van der Waals surface area contributed by atoms with E-state index in [0.717, 1.165) is 17.0 Å². The number of likely N-dealkylation sites (N-methyl/N-ethyl adjacent to an activating group) is 2. The smallest absolute Gasteiger partial charge is 0.240 e. The number of hydrogen-bond donors (Lipinski definition) is 1. The van der Waals surface area contributed by atoms with Gasteiger partial charge >= 0.3 is 0 Å². The van der Waals surface area contributed by atoms with Gasteiger partial charge in [0.15, 0.2) is 0 Å². The molecule has 0 unspecified atom stereocenters. The minimum Gasteiger partial charge on any atom is -0.312 e. The van der Waals surface area contributed by atoms with Crippen molar-refractivity contribution < 1.29 is 13.6 Å². The van der Waals surface area contributed by atoms with Gasteiger partial charge in [0.2, 0.25) is 5.91 Å². The molecule has 82 valence electrons. The monoisotopic (exact) mass is 214 g/mol. The van der Waals surface area contributed by atoms with E-state index in [1.54, 1.807) is 7.05 Å². The van der Waals surface area contributed by atoms with Crippen molar-refractivity contribution in [3.63, 3.8) is 0 Å². The first-order valence-electron chi connectivity index (χ1n) is 4.42. The van der Waals surface area contributed by atoms with Crippen LogP contribution in [-0.2, 0) is 4.79 Å². The summed E-state index contributed by atoms with van der Waals surface area (Å²) in [6.07, 6.45) is 0. The molecule has 0 radical (unpaired) electrons. The minimum atomic E-state index is -0.748. The van der Waals surface area contributed by atoms with Gasteiger partial charge in [0.1, 0.15) is 11.6 Å². The number of nitrogens with zero attached hydrogens (tertiary/aromatic N) is 1. The number of carbonyl (C=O) groups excluding carboxylic acids is 1. The quantitative estimate of drug-likeness (QED) is 0.818. The third-order valence-electron chi connectivity index (χ3n) is 1.97. The number of halogens is 2. The Hall–Kier alpha value is -1.49. The van der Waals surface area contributed by atoms with Gasteiger partial charge in [0.05, 0.1) is 12.2 Å². The van der Waals surface area contributed by atoms with Crippen LogP contribution in [0.5, 0.6) is 0 Å². The molecule has 1 aromatic carbocycles. The average molecular weight is 214 g/mol. The summed E-state index contributed by atoms with van der Waals surface area (Å²) in [4.78, 5) is 12.5. The zero-order valence-corrected chi connectivity index (χ0v) is 8.55. The number of rotatable bonds is 3. The summed E-state index contributed by atoms with van der Waals surface area (Å²) in [7, 11) is 3.06. The predicted molar refractivity (Wildman–Crippen MR) is 53.7 cm³/mol. The molecule has 0 spiro atoms. The van der Waals surface area contributed by atoms with Crippen molar-refractivity contribution in [3.05, 3.63) is 29.8 Å². The molecule has 3 nitrogen and oxygen atoms in total. The molecule has 0 atom stereocenters. The van der Waals surface area contributed by atoms with Gasteiger partial charge in [-0.1, -0.05) is 0 Å². The van der Waals surface area contributed by atoms with Crippen molar-refractivity contribution in [3.8, 4) is 0 Å². The van der Waals surface area contributed by atoms with Crippen LogP contribution in [0.15, 0.2) is 18.2 Å². The molecule has 0 fully saturated rings. The largest absolute Gasteiger partial charge is 0.312 e. The van der Waals surface area contributed by atoms with Gasteiger partial charge in [-0.15, -0.1) is 0 Å². The fraction of sp³-hybridized carbons (Fsp3) is 0.300. The second-order valence-electron chi connectivity index (χ2n) is 3.08. The lowest BCUT2D eigenvalue weighted by atomic mass is 10.2. The molecule has 0 aliphatic carbocycles. The molecule has 15 heavy (non-hydrogen) atoms. The Balaban J connectivity index is 2.91. The standard InChI is InChI=1S/C10H12F2N2O/c1-13-6-10(15)14(2)9-4-3-7(11)5-8(9)12/h3-5,13H,6H2,1-2H3. The van der Waals surface area contributed by atoms with E-state index in [-0.39, 0.29) is 18.1 Å². The number of hydrogen-bond acceptors (Lipinski definition) is 2. The zero-order valence-electron chi connectivity index (χ0n) is 8.55. The molecule has 0 bridgehead atoms. The van der Waals surface area contributed by atoms with E-state index in [1.165, 1.54) is 13.1 Å². The van der Waals surface area contributed by atoms with Crippen LogP contribution in [0.3, 0.4) is 0 Å². The van der Waals surface area contributed by atoms with Crippen molar-refractivity contribution in [2.75, 3.05) is 25.5 Å². The van der Waals surface area contributed by atoms with Gasteiger partial charge in [-0.25, -0.2) is 8.78 Å². The normalized spacial score (nSPS) is 10.1. The van der Waals surface area contributed by atoms with E-state index in [9.17, 15) is 13.6 Å². The highest BCUT2D eigenvalue weighted by atomic mass is 19.1. The van der Waals surface area contributed by atoms with E-state index >= 15 is 0 Å². The van der Waals surface area contributed by atoms with Gasteiger partial charge < -0.3 is 10.2 Å². The molecule has 0 heterocycles. The number of benzene rings is 1. The maximum Gasteiger partial charge on any atom is 0.240 e. The van der Waals surface area contributed by atoms with Crippen LogP contribution >= 0.6 is 0 Å². The maximum absolute atomic E-state index is 13.2. The van der Waals surface area contributed by atoms with E-state index in [1.807, 2.05) is 0 Å². The number of carbonyl (C=O) groups is 1. The number of anilines is 1. The third-order valence-corrected chi connectivity index (χ3v) is 1.97. The highest BCUT2D eigenvalue weighted by Crippen LogP contribution is 2.18. The first-order valence-corrected chi connectivity index (χ1v) is 4.42. The lowest BCUT2D eigenvalue weighted by Gasteiger charge is -2.17. The summed E-state index contributed by atoms with van der Waals surface area (Å²) in [5.74, 6) is -1.70. The van der Waals surface area contributed by atoms with Gasteiger partial charge in [0.25, 0.3) is 0 Å². The molecule has 0 aliphatic heterocycles. The Bertz CT molecular complexity index is 368. The fourth-order valence-electron chi connectivity index (χ4n) is 1.16. The van der Waals surface area contributed by atoms with E-state index in [2.05, 4.69) is 5.32 Å². The molecular weight excluding hydrogens is 202 g/mol. The third kappa shape index (κ3) is 2.73. The van der Waals surface area contributed by atoms with Crippen molar-refractivity contribution in [2.45, 2.75) is 0 Å². The van der Waals surface area contributed by atoms with Crippen molar-refractivity contribution >= 4 is 11.6 Å². The Labute approximate surface area is 86.7 Å². The average Bonchev–Trinajstić information content (AvgIpc) is 2.17. The molecule has 0 saturated heterocycles. The summed E-state index contributed by atoms with van der Waals surface area (Å²) in [6.45, 7) is 0.104. The highest BCUT2D eigenvalue weighted by molar-refractivity contribution is 5.94. The van der Waals surface area contributed by atoms with Crippen LogP contribution in [-0.4, -0.2) is 26.5 Å². The van der Waals surface area contributed by atoms with Crippen molar-refractivity contribution in [2.24, 2.45) is 0 Å². The predicted octanol–water partition coefficient (Wildman–Crippen LogP) is 1.15. The number of amides is 1. The molecule has 1 aromatic rings. The minimum absolute atomic E-state index is 0.0663. The van der Waals surface area contributed by atoms with Crippen LogP contribution < -0.4 is 10.2 Å². The lowest BCUT2D eigenvalue weighted by molar-refractivity contribution is -0.117. The molecule has 1 N–H and O–H groups in total. The number of nitrogens with one attached hydrogen (secondary N) is 1. The molecule has 0 aliphatic rings. The Morgan fingerprint density at radius 3 is 2.67 bits per heavy atom. The molecule has 1 rings (SSSR count). The fourth-order valence-corrected chi connectivity index (χ4v) is 1.16. The first kappa shape index (κ1) is 11.6. The molecule has 1 amide bonds. The zero-order chi connectivity index (χ0) is 11.4. The van der Waals surface area contributed by atoms with Crippen LogP contribution in [0, 0.1) is 11.6 Å². The van der Waals surface area contributed by atoms with E-state index in [0.29, 0.717) is 0 Å². The SMILES string of the molecule is CNCC(=O)N(C)c1ccc(F)cc1F. The second-order valence-corrected chi connectivity index (χ2v) is 3.08. The highest BCUT2D eigenvalue weighted by Gasteiger charge is 2.14. The topological polar surface area (TPSA) is 32.3 Å². The summed E-state index contributed by atoms with van der Waals surface area (Å²) in [6, 6.07) is 3.10. The Morgan fingerprint density at radius 2 is 2.13 bits per heavy atom. The summed E-state index contributed by atoms with van der Waals surface area (Å²) in [5.41, 5.74) is 0.0663. The Kier molecular flexibility index (Phi) is 3.74. The first-order chi connectivity index (χ1) is 7.06. The van der Waals surface area contributed by atoms with Crippen LogP contribution in [0.4, 0.5) is 14.5 Å². The van der Waals surface area contributed by atoms with Crippen molar-refractivity contribution in [1.29, 1.82) is 0 Å². The van der Waals surface area contributed by atoms with Crippen LogP contribution in [0.1, 0.15) is 0 Å². The van der Waals surface area contributed by atoms with Gasteiger partial charge in [-0.05, 0) is 19.2 Å². The maximum atomic E-state index is 13.2. The van der Waals surface area contributed by atoms with Gasteiger partial charge in [0, 0.05) is 13.1 Å². The Morgan fingerprint density at radius 1 is 1.47 bits per heavy atom. The van der Waals surface area contributed by atoms with Gasteiger partial charge in [-0.2, -0.15) is 0 Å². The van der Waals surface area contributed by atoms with Crippen LogP contribution in [0.25, 0.3) is 0 Å². The van der Waals surface area contributed by atoms with Crippen LogP contribution in [0.2, 0.25) is 0 Å². The van der Waals surface area contributed by atoms with Crippen molar-refractivity contribution in [1.82, 2.24) is 5.32 Å². The molecule has 5 heteroatoms. The van der Waals surface area contributed by atoms with Gasteiger partial charge in [-0.3, -0.25) is 4.79 Å². The lowest BCUT2D eigenvalue weighted by Crippen LogP contribution is -2.34. The molecule has 0 aromatic heterocycles.